The van der Waals surface area contributed by atoms with Crippen LogP contribution in [0.4, 0.5) is 0 Å². The molecule has 2 rings (SSSR count). The van der Waals surface area contributed by atoms with Gasteiger partial charge >= 0.3 is 0 Å². The molecule has 1 aromatic carbocycles. The molecule has 1 aromatic rings. The molecule has 18 heavy (non-hydrogen) atoms. The lowest BCUT2D eigenvalue weighted by molar-refractivity contribution is 0.140. The van der Waals surface area contributed by atoms with Crippen LogP contribution in [0, 0.1) is 6.92 Å². The van der Waals surface area contributed by atoms with Gasteiger partial charge in [-0.2, -0.15) is 0 Å². The van der Waals surface area contributed by atoms with Crippen LogP contribution in [0.3, 0.4) is 0 Å². The maximum absolute atomic E-state index is 4.36. The largest absolute Gasteiger partial charge is 0.294 e. The number of piperidine rings is 1. The molecule has 1 heteroatoms. The van der Waals surface area contributed by atoms with E-state index in [1.54, 1.807) is 0 Å². The summed E-state index contributed by atoms with van der Waals surface area (Å²) in [4.78, 5) is 2.58. The van der Waals surface area contributed by atoms with E-state index in [2.05, 4.69) is 56.5 Å². The second-order valence-corrected chi connectivity index (χ2v) is 5.95. The maximum atomic E-state index is 4.36. The Morgan fingerprint density at radius 2 is 1.61 bits per heavy atom. The molecule has 0 atom stereocenters. The Bertz CT molecular complexity index is 408. The Balaban J connectivity index is 2.17. The van der Waals surface area contributed by atoms with Gasteiger partial charge in [-0.25, -0.2) is 0 Å². The van der Waals surface area contributed by atoms with Crippen LogP contribution in [0.25, 0.3) is 5.57 Å². The molecule has 0 unspecified atom stereocenters. The van der Waals surface area contributed by atoms with E-state index in [1.807, 2.05) is 0 Å². The van der Waals surface area contributed by atoms with Crippen molar-refractivity contribution in [3.05, 3.63) is 42.0 Å². The zero-order valence-electron chi connectivity index (χ0n) is 12.0. The second-order valence-electron chi connectivity index (χ2n) is 5.95. The molecule has 98 valence electrons. The summed E-state index contributed by atoms with van der Waals surface area (Å²) >= 11 is 0. The number of benzene rings is 1. The van der Waals surface area contributed by atoms with Crippen LogP contribution in [-0.2, 0) is 0 Å². The van der Waals surface area contributed by atoms with Crippen molar-refractivity contribution in [3.8, 4) is 0 Å². The molecule has 0 N–H and O–H groups in total. The summed E-state index contributed by atoms with van der Waals surface area (Å²) in [5.41, 5.74) is 3.89. The van der Waals surface area contributed by atoms with Crippen molar-refractivity contribution >= 4 is 5.57 Å². The third-order valence-electron chi connectivity index (χ3n) is 4.29. The van der Waals surface area contributed by atoms with Gasteiger partial charge in [0.15, 0.2) is 0 Å². The average molecular weight is 243 g/mol. The highest BCUT2D eigenvalue weighted by molar-refractivity contribution is 5.70. The van der Waals surface area contributed by atoms with Gasteiger partial charge in [-0.05, 0) is 57.8 Å². The van der Waals surface area contributed by atoms with Crippen molar-refractivity contribution in [1.82, 2.24) is 4.90 Å². The summed E-state index contributed by atoms with van der Waals surface area (Å²) in [5, 5.41) is 0. The third kappa shape index (κ3) is 2.67. The molecule has 1 heterocycles. The number of aryl methyl sites for hydroxylation is 1. The van der Waals surface area contributed by atoms with Crippen molar-refractivity contribution in [1.29, 1.82) is 0 Å². The Labute approximate surface area is 112 Å². The summed E-state index contributed by atoms with van der Waals surface area (Å²) in [6.45, 7) is 13.5. The third-order valence-corrected chi connectivity index (χ3v) is 4.29. The Hall–Kier alpha value is -1.08. The molecule has 0 radical (unpaired) electrons. The first-order valence-corrected chi connectivity index (χ1v) is 7.03. The second kappa shape index (κ2) is 5.27. The molecule has 0 aromatic heterocycles. The fourth-order valence-corrected chi connectivity index (χ4v) is 2.75. The minimum absolute atomic E-state index is 0.0652. The molecular weight excluding hydrogens is 218 g/mol. The minimum atomic E-state index is 0.0652. The number of nitrogens with zero attached hydrogens (tertiary/aromatic N) is 1. The van der Waals surface area contributed by atoms with Crippen LogP contribution in [0.15, 0.2) is 30.8 Å². The number of hydrogen-bond acceptors (Lipinski definition) is 1. The molecule has 1 aliphatic heterocycles. The van der Waals surface area contributed by atoms with Gasteiger partial charge in [-0.15, -0.1) is 0 Å². The summed E-state index contributed by atoms with van der Waals surface area (Å²) in [6.07, 6.45) is 4.03. The molecule has 1 aliphatic rings. The first-order valence-electron chi connectivity index (χ1n) is 7.03. The molecule has 0 aliphatic carbocycles. The molecule has 1 nitrogen and oxygen atoms in total. The normalized spacial score (nSPS) is 17.7. The van der Waals surface area contributed by atoms with Crippen LogP contribution in [0.5, 0.6) is 0 Å². The standard InChI is InChI=1S/C17H25N/c1-14-8-10-16(11-9-14)15(2)17(3,4)18-12-6-5-7-13-18/h8-11H,2,5-7,12-13H2,1,3-4H3. The van der Waals surface area contributed by atoms with Crippen LogP contribution in [0.2, 0.25) is 0 Å². The highest BCUT2D eigenvalue weighted by atomic mass is 15.2. The molecule has 0 spiro atoms. The van der Waals surface area contributed by atoms with E-state index in [1.165, 1.54) is 49.1 Å². The highest BCUT2D eigenvalue weighted by Crippen LogP contribution is 2.32. The van der Waals surface area contributed by atoms with Crippen molar-refractivity contribution in [3.63, 3.8) is 0 Å². The van der Waals surface area contributed by atoms with Crippen molar-refractivity contribution in [2.45, 2.75) is 45.6 Å². The Kier molecular flexibility index (Phi) is 3.91. The minimum Gasteiger partial charge on any atom is -0.294 e. The van der Waals surface area contributed by atoms with Gasteiger partial charge in [0.05, 0.1) is 0 Å². The van der Waals surface area contributed by atoms with Gasteiger partial charge in [0, 0.05) is 5.54 Å². The van der Waals surface area contributed by atoms with E-state index in [9.17, 15) is 0 Å². The van der Waals surface area contributed by atoms with E-state index in [0.29, 0.717) is 0 Å². The molecule has 1 saturated heterocycles. The molecule has 0 bridgehead atoms. The van der Waals surface area contributed by atoms with E-state index >= 15 is 0 Å². The first-order chi connectivity index (χ1) is 8.51. The van der Waals surface area contributed by atoms with Gasteiger partial charge in [0.1, 0.15) is 0 Å². The van der Waals surface area contributed by atoms with E-state index in [-0.39, 0.29) is 5.54 Å². The molecular formula is C17H25N. The van der Waals surface area contributed by atoms with Crippen LogP contribution >= 0.6 is 0 Å². The van der Waals surface area contributed by atoms with Crippen molar-refractivity contribution in [2.24, 2.45) is 0 Å². The van der Waals surface area contributed by atoms with Gasteiger partial charge in [0.2, 0.25) is 0 Å². The van der Waals surface area contributed by atoms with Crippen molar-refractivity contribution in [2.75, 3.05) is 13.1 Å². The number of likely N-dealkylation sites (tertiary alicyclic amines) is 1. The predicted octanol–water partition coefficient (Wildman–Crippen LogP) is 4.27. The summed E-state index contributed by atoms with van der Waals surface area (Å²) in [5.74, 6) is 0. The zero-order chi connectivity index (χ0) is 13.2. The van der Waals surface area contributed by atoms with Gasteiger partial charge < -0.3 is 0 Å². The highest BCUT2D eigenvalue weighted by Gasteiger charge is 2.30. The van der Waals surface area contributed by atoms with E-state index in [0.717, 1.165) is 0 Å². The van der Waals surface area contributed by atoms with Crippen LogP contribution in [0.1, 0.15) is 44.2 Å². The van der Waals surface area contributed by atoms with Gasteiger partial charge in [-0.1, -0.05) is 42.8 Å². The number of hydrogen-bond donors (Lipinski definition) is 0. The zero-order valence-corrected chi connectivity index (χ0v) is 12.0. The van der Waals surface area contributed by atoms with Gasteiger partial charge in [0.25, 0.3) is 0 Å². The lowest BCUT2D eigenvalue weighted by Crippen LogP contribution is -2.47. The molecule has 0 amide bonds. The van der Waals surface area contributed by atoms with Gasteiger partial charge in [-0.3, -0.25) is 4.90 Å². The van der Waals surface area contributed by atoms with E-state index < -0.39 is 0 Å². The summed E-state index contributed by atoms with van der Waals surface area (Å²) in [6, 6.07) is 8.74. The Morgan fingerprint density at radius 3 is 2.17 bits per heavy atom. The van der Waals surface area contributed by atoms with Crippen LogP contribution in [-0.4, -0.2) is 23.5 Å². The number of rotatable bonds is 3. The molecule has 1 fully saturated rings. The monoisotopic (exact) mass is 243 g/mol. The lowest BCUT2D eigenvalue weighted by atomic mass is 9.86. The summed E-state index contributed by atoms with van der Waals surface area (Å²) in [7, 11) is 0. The van der Waals surface area contributed by atoms with Crippen LogP contribution < -0.4 is 0 Å². The Morgan fingerprint density at radius 1 is 1.06 bits per heavy atom. The quantitative estimate of drug-likeness (QED) is 0.766. The maximum Gasteiger partial charge on any atom is 0.0404 e. The topological polar surface area (TPSA) is 3.24 Å². The SMILES string of the molecule is C=C(c1ccc(C)cc1)C(C)(C)N1CCCCC1. The smallest absolute Gasteiger partial charge is 0.0404 e. The lowest BCUT2D eigenvalue weighted by Gasteiger charge is -2.42. The predicted molar refractivity (Wildman–Crippen MR) is 79.7 cm³/mol. The fourth-order valence-electron chi connectivity index (χ4n) is 2.75. The summed E-state index contributed by atoms with van der Waals surface area (Å²) < 4.78 is 0. The first kappa shape index (κ1) is 13.4. The average Bonchev–Trinajstić information content (AvgIpc) is 2.40. The molecule has 0 saturated carbocycles. The van der Waals surface area contributed by atoms with Crippen molar-refractivity contribution < 1.29 is 0 Å². The fraction of sp³-hybridized carbons (Fsp3) is 0.529. The van der Waals surface area contributed by atoms with E-state index in [4.69, 9.17) is 0 Å².